The van der Waals surface area contributed by atoms with E-state index >= 15 is 0 Å². The van der Waals surface area contributed by atoms with E-state index in [9.17, 15) is 0 Å². The predicted molar refractivity (Wildman–Crippen MR) is 42.9 cm³/mol. The molecular weight excluding hydrogens is 128 g/mol. The molecule has 0 amide bonds. The van der Waals surface area contributed by atoms with E-state index in [0.717, 1.165) is 12.1 Å². The third-order valence-corrected chi connectivity index (χ3v) is 1.35. The molecule has 0 spiro atoms. The maximum absolute atomic E-state index is 9.00. The average molecular weight is 144 g/mol. The molecule has 0 aromatic rings. The summed E-state index contributed by atoms with van der Waals surface area (Å²) in [7, 11) is 0. The van der Waals surface area contributed by atoms with Crippen LogP contribution >= 0.6 is 0 Å². The zero-order chi connectivity index (χ0) is 7.98. The zero-order valence-electron chi connectivity index (χ0n) is 6.65. The predicted octanol–water partition coefficient (Wildman–Crippen LogP) is 0.387. The minimum Gasteiger partial charge on any atom is -0.513 e. The summed E-state index contributed by atoms with van der Waals surface area (Å²) in [4.78, 5) is 0. The molecule has 0 aliphatic carbocycles. The first-order valence-corrected chi connectivity index (χ1v) is 3.50. The van der Waals surface area contributed by atoms with E-state index in [-0.39, 0.29) is 0 Å². The molecule has 0 saturated heterocycles. The van der Waals surface area contributed by atoms with E-state index in [2.05, 4.69) is 5.32 Å². The molecular formula is C7H16N2O. The molecule has 0 atom stereocenters. The van der Waals surface area contributed by atoms with Gasteiger partial charge in [0.2, 0.25) is 0 Å². The minimum absolute atomic E-state index is 0.337. The number of nitrogens with two attached hydrogens (primary N) is 1. The van der Waals surface area contributed by atoms with E-state index in [1.807, 2.05) is 6.92 Å². The summed E-state index contributed by atoms with van der Waals surface area (Å²) < 4.78 is 0. The molecule has 0 bridgehead atoms. The van der Waals surface area contributed by atoms with Crippen LogP contribution in [0.4, 0.5) is 0 Å². The first-order valence-electron chi connectivity index (χ1n) is 3.50. The molecule has 0 unspecified atom stereocenters. The van der Waals surface area contributed by atoms with Crippen LogP contribution in [0.25, 0.3) is 0 Å². The Labute approximate surface area is 61.9 Å². The van der Waals surface area contributed by atoms with E-state index < -0.39 is 0 Å². The van der Waals surface area contributed by atoms with Crippen LogP contribution in [0.3, 0.4) is 0 Å². The Hall–Kier alpha value is -0.540. The van der Waals surface area contributed by atoms with E-state index in [1.165, 1.54) is 0 Å². The number of nitrogens with one attached hydrogen (secondary N) is 1. The topological polar surface area (TPSA) is 58.3 Å². The fourth-order valence-corrected chi connectivity index (χ4v) is 0.624. The highest BCUT2D eigenvalue weighted by Gasteiger charge is 1.96. The molecule has 10 heavy (non-hydrogen) atoms. The number of rotatable bonds is 4. The smallest absolute Gasteiger partial charge is 0.0909 e. The van der Waals surface area contributed by atoms with Crippen LogP contribution < -0.4 is 11.1 Å². The Balaban J connectivity index is 3.73. The number of aliphatic hydroxyl groups excluding tert-OH is 1. The van der Waals surface area contributed by atoms with Crippen LogP contribution in [-0.2, 0) is 0 Å². The van der Waals surface area contributed by atoms with Crippen LogP contribution in [0.2, 0.25) is 0 Å². The number of aliphatic hydroxyl groups is 1. The molecule has 0 rings (SSSR count). The first kappa shape index (κ1) is 9.46. The summed E-state index contributed by atoms with van der Waals surface area (Å²) in [5.41, 5.74) is 6.23. The second-order valence-electron chi connectivity index (χ2n) is 2.17. The molecule has 4 N–H and O–H groups in total. The lowest BCUT2D eigenvalue weighted by Crippen LogP contribution is -2.21. The van der Waals surface area contributed by atoms with Crippen molar-refractivity contribution in [1.82, 2.24) is 5.32 Å². The maximum atomic E-state index is 9.00. The number of hydrogen-bond acceptors (Lipinski definition) is 3. The van der Waals surface area contributed by atoms with Crippen molar-refractivity contribution in [2.24, 2.45) is 5.73 Å². The van der Waals surface area contributed by atoms with Gasteiger partial charge in [-0.1, -0.05) is 6.92 Å². The number of likely N-dealkylation sites (N-methyl/N-ethyl adjacent to an activating group) is 1. The van der Waals surface area contributed by atoms with Crippen molar-refractivity contribution in [1.29, 1.82) is 0 Å². The lowest BCUT2D eigenvalue weighted by molar-refractivity contribution is 0.403. The van der Waals surface area contributed by atoms with Gasteiger partial charge in [-0.05, 0) is 19.0 Å². The normalized spacial score (nSPS) is 13.1. The van der Waals surface area contributed by atoms with Gasteiger partial charge in [-0.25, -0.2) is 0 Å². The summed E-state index contributed by atoms with van der Waals surface area (Å²) in [6, 6.07) is 0. The highest BCUT2D eigenvalue weighted by atomic mass is 16.3. The van der Waals surface area contributed by atoms with Gasteiger partial charge in [0.1, 0.15) is 0 Å². The molecule has 0 aromatic carbocycles. The van der Waals surface area contributed by atoms with Crippen molar-refractivity contribution >= 4 is 0 Å². The van der Waals surface area contributed by atoms with Crippen molar-refractivity contribution in [3.63, 3.8) is 0 Å². The van der Waals surface area contributed by atoms with Gasteiger partial charge in [0.25, 0.3) is 0 Å². The molecule has 0 fully saturated rings. The second-order valence-corrected chi connectivity index (χ2v) is 2.17. The van der Waals surface area contributed by atoms with Gasteiger partial charge in [-0.15, -0.1) is 0 Å². The Bertz CT molecular complexity index is 117. The van der Waals surface area contributed by atoms with Gasteiger partial charge < -0.3 is 16.2 Å². The number of allylic oxidation sites excluding steroid dienone is 1. The lowest BCUT2D eigenvalue weighted by atomic mass is 10.2. The Morgan fingerprint density at radius 2 is 2.20 bits per heavy atom. The summed E-state index contributed by atoms with van der Waals surface area (Å²) in [5.74, 6) is 0.337. The third kappa shape index (κ3) is 3.48. The largest absolute Gasteiger partial charge is 0.513 e. The lowest BCUT2D eigenvalue weighted by Gasteiger charge is -2.05. The quantitative estimate of drug-likeness (QED) is 0.500. The van der Waals surface area contributed by atoms with Crippen LogP contribution in [0.1, 0.15) is 13.8 Å². The molecule has 0 aliphatic heterocycles. The Kier molecular flexibility index (Phi) is 4.98. The SMILES string of the molecule is CCNC/C(CN)=C(\C)O. The standard InChI is InChI=1S/C7H16N2O/c1-3-9-5-7(4-8)6(2)10/h9-10H,3-5,8H2,1-2H3/b7-6+. The van der Waals surface area contributed by atoms with Crippen molar-refractivity contribution in [3.05, 3.63) is 11.3 Å². The summed E-state index contributed by atoms with van der Waals surface area (Å²) in [5, 5.41) is 12.1. The van der Waals surface area contributed by atoms with Crippen LogP contribution in [0, 0.1) is 0 Å². The van der Waals surface area contributed by atoms with E-state index in [1.54, 1.807) is 6.92 Å². The fourth-order valence-electron chi connectivity index (χ4n) is 0.624. The Morgan fingerprint density at radius 1 is 1.60 bits per heavy atom. The summed E-state index contributed by atoms with van der Waals surface area (Å²) >= 11 is 0. The molecule has 0 heterocycles. The summed E-state index contributed by atoms with van der Waals surface area (Å²) in [6.07, 6.45) is 0. The number of hydrogen-bond donors (Lipinski definition) is 3. The summed E-state index contributed by atoms with van der Waals surface area (Å²) in [6.45, 7) is 5.68. The fraction of sp³-hybridized carbons (Fsp3) is 0.714. The monoisotopic (exact) mass is 144 g/mol. The van der Waals surface area contributed by atoms with Crippen molar-refractivity contribution in [3.8, 4) is 0 Å². The Morgan fingerprint density at radius 3 is 2.50 bits per heavy atom. The van der Waals surface area contributed by atoms with Crippen LogP contribution in [0.5, 0.6) is 0 Å². The molecule has 60 valence electrons. The zero-order valence-corrected chi connectivity index (χ0v) is 6.65. The molecule has 3 heteroatoms. The molecule has 0 radical (unpaired) electrons. The molecule has 0 aliphatic rings. The second kappa shape index (κ2) is 5.26. The van der Waals surface area contributed by atoms with Gasteiger partial charge in [0.05, 0.1) is 5.76 Å². The first-order chi connectivity index (χ1) is 4.72. The van der Waals surface area contributed by atoms with Gasteiger partial charge in [-0.3, -0.25) is 0 Å². The van der Waals surface area contributed by atoms with Crippen LogP contribution in [-0.4, -0.2) is 24.7 Å². The molecule has 0 aromatic heterocycles. The van der Waals surface area contributed by atoms with Gasteiger partial charge in [-0.2, -0.15) is 0 Å². The van der Waals surface area contributed by atoms with Crippen molar-refractivity contribution < 1.29 is 5.11 Å². The molecule has 3 nitrogen and oxygen atoms in total. The van der Waals surface area contributed by atoms with Gasteiger partial charge in [0.15, 0.2) is 0 Å². The van der Waals surface area contributed by atoms with Gasteiger partial charge >= 0.3 is 0 Å². The maximum Gasteiger partial charge on any atom is 0.0909 e. The molecule has 0 saturated carbocycles. The minimum atomic E-state index is 0.337. The van der Waals surface area contributed by atoms with Crippen molar-refractivity contribution in [2.45, 2.75) is 13.8 Å². The highest BCUT2D eigenvalue weighted by Crippen LogP contribution is 1.95. The van der Waals surface area contributed by atoms with Crippen LogP contribution in [0.15, 0.2) is 11.3 Å². The van der Waals surface area contributed by atoms with Gasteiger partial charge in [0, 0.05) is 13.1 Å². The van der Waals surface area contributed by atoms with E-state index in [0.29, 0.717) is 18.8 Å². The highest BCUT2D eigenvalue weighted by molar-refractivity contribution is 5.08. The van der Waals surface area contributed by atoms with Crippen molar-refractivity contribution in [2.75, 3.05) is 19.6 Å². The van der Waals surface area contributed by atoms with E-state index in [4.69, 9.17) is 10.8 Å². The average Bonchev–Trinajstić information content (AvgIpc) is 1.89. The third-order valence-electron chi connectivity index (χ3n) is 1.35.